The topological polar surface area (TPSA) is 72.5 Å². The molecule has 0 aliphatic rings. The van der Waals surface area contributed by atoms with Crippen LogP contribution in [0.4, 0.5) is 0 Å². The van der Waals surface area contributed by atoms with E-state index in [4.69, 9.17) is 38.6 Å². The summed E-state index contributed by atoms with van der Waals surface area (Å²) in [4.78, 5) is 11.6. The number of hydrogen-bond donors (Lipinski definition) is 1. The van der Waals surface area contributed by atoms with Gasteiger partial charge in [0, 0.05) is 36.5 Å². The van der Waals surface area contributed by atoms with Gasteiger partial charge in [-0.25, -0.2) is 8.42 Å². The molecule has 0 bridgehead atoms. The predicted octanol–water partition coefficient (Wildman–Crippen LogP) is 3.08. The van der Waals surface area contributed by atoms with Gasteiger partial charge in [0.1, 0.15) is 4.90 Å². The molecule has 0 unspecified atom stereocenters. The first kappa shape index (κ1) is 18.5. The van der Waals surface area contributed by atoms with Crippen LogP contribution in [0.5, 0.6) is 0 Å². The van der Waals surface area contributed by atoms with E-state index in [-0.39, 0.29) is 20.5 Å². The van der Waals surface area contributed by atoms with Crippen LogP contribution in [0.25, 0.3) is 0 Å². The maximum atomic E-state index is 11.9. The first-order valence-electron chi connectivity index (χ1n) is 5.98. The van der Waals surface area contributed by atoms with Crippen LogP contribution in [-0.2, 0) is 13.8 Å². The summed E-state index contributed by atoms with van der Waals surface area (Å²) in [6.07, 6.45) is 1.54. The molecule has 0 aromatic heterocycles. The third-order valence-electron chi connectivity index (χ3n) is 2.58. The van der Waals surface area contributed by atoms with E-state index in [0.717, 1.165) is 18.9 Å². The molecule has 0 heterocycles. The molecule has 21 heavy (non-hydrogen) atoms. The summed E-state index contributed by atoms with van der Waals surface area (Å²) in [6.45, 7) is 1.04. The average molecular weight is 375 g/mol. The molecule has 1 amide bonds. The van der Waals surface area contributed by atoms with E-state index >= 15 is 0 Å². The quantitative estimate of drug-likeness (QED) is 0.588. The minimum absolute atomic E-state index is 0.0528. The van der Waals surface area contributed by atoms with Gasteiger partial charge in [-0.1, -0.05) is 23.2 Å². The van der Waals surface area contributed by atoms with Crippen LogP contribution in [-0.4, -0.2) is 34.6 Å². The van der Waals surface area contributed by atoms with E-state index in [2.05, 4.69) is 5.32 Å². The summed E-state index contributed by atoms with van der Waals surface area (Å²) in [5.74, 6) is -0.451. The molecule has 1 rings (SSSR count). The second kappa shape index (κ2) is 8.19. The Hall–Kier alpha value is -0.530. The molecule has 118 valence electrons. The zero-order chi connectivity index (χ0) is 16.0. The van der Waals surface area contributed by atoms with Gasteiger partial charge >= 0.3 is 0 Å². The van der Waals surface area contributed by atoms with Crippen molar-refractivity contribution in [2.24, 2.45) is 0 Å². The molecule has 0 saturated carbocycles. The molecular formula is C12H14Cl3NO4S. The van der Waals surface area contributed by atoms with Gasteiger partial charge in [-0.05, 0) is 25.0 Å². The lowest BCUT2D eigenvalue weighted by Crippen LogP contribution is -2.24. The zero-order valence-corrected chi connectivity index (χ0v) is 14.2. The van der Waals surface area contributed by atoms with Crippen LogP contribution in [0.1, 0.15) is 23.2 Å². The molecule has 0 spiro atoms. The van der Waals surface area contributed by atoms with Crippen molar-refractivity contribution >= 4 is 48.8 Å². The molecule has 1 aromatic carbocycles. The Kier molecular flexibility index (Phi) is 7.23. The Morgan fingerprint density at radius 2 is 1.95 bits per heavy atom. The molecule has 0 atom stereocenters. The van der Waals surface area contributed by atoms with Crippen molar-refractivity contribution in [2.75, 3.05) is 20.3 Å². The molecular weight excluding hydrogens is 361 g/mol. The van der Waals surface area contributed by atoms with E-state index in [0.29, 0.717) is 13.2 Å². The molecule has 0 aliphatic heterocycles. The number of amides is 1. The number of methoxy groups -OCH3 is 1. The van der Waals surface area contributed by atoms with Gasteiger partial charge in [0.15, 0.2) is 0 Å². The maximum Gasteiger partial charge on any atom is 0.262 e. The third kappa shape index (κ3) is 5.64. The van der Waals surface area contributed by atoms with Crippen molar-refractivity contribution in [3.05, 3.63) is 27.7 Å². The molecule has 0 fully saturated rings. The second-order valence-corrected chi connectivity index (χ2v) is 7.48. The lowest BCUT2D eigenvalue weighted by Gasteiger charge is -2.08. The van der Waals surface area contributed by atoms with Crippen LogP contribution < -0.4 is 5.32 Å². The van der Waals surface area contributed by atoms with Gasteiger partial charge in [-0.15, -0.1) is 0 Å². The van der Waals surface area contributed by atoms with Crippen LogP contribution in [0, 0.1) is 0 Å². The average Bonchev–Trinajstić information content (AvgIpc) is 2.39. The van der Waals surface area contributed by atoms with E-state index < -0.39 is 15.0 Å². The number of nitrogens with one attached hydrogen (secondary N) is 1. The number of benzene rings is 1. The number of rotatable bonds is 7. The lowest BCUT2D eigenvalue weighted by atomic mass is 10.2. The highest BCUT2D eigenvalue weighted by Crippen LogP contribution is 2.32. The van der Waals surface area contributed by atoms with Crippen molar-refractivity contribution < 1.29 is 17.9 Å². The summed E-state index contributed by atoms with van der Waals surface area (Å²) in [6, 6.07) is 2.39. The largest absolute Gasteiger partial charge is 0.385 e. The van der Waals surface area contributed by atoms with Crippen LogP contribution in [0.2, 0.25) is 10.0 Å². The molecule has 9 heteroatoms. The zero-order valence-electron chi connectivity index (χ0n) is 11.2. The molecule has 1 N–H and O–H groups in total. The fourth-order valence-corrected chi connectivity index (χ4v) is 3.31. The van der Waals surface area contributed by atoms with Gasteiger partial charge < -0.3 is 10.1 Å². The molecule has 0 saturated heterocycles. The third-order valence-corrected chi connectivity index (χ3v) is 4.84. The number of hydrogen-bond acceptors (Lipinski definition) is 4. The summed E-state index contributed by atoms with van der Waals surface area (Å²) in [7, 11) is 2.77. The Balaban J connectivity index is 2.84. The molecule has 0 aliphatic carbocycles. The normalized spacial score (nSPS) is 11.4. The van der Waals surface area contributed by atoms with E-state index in [1.165, 1.54) is 6.07 Å². The fourth-order valence-electron chi connectivity index (χ4n) is 1.55. The summed E-state index contributed by atoms with van der Waals surface area (Å²) in [5.41, 5.74) is 0.0790. The Morgan fingerprint density at radius 1 is 1.29 bits per heavy atom. The number of carbonyl (C=O) groups is 1. The van der Waals surface area contributed by atoms with Crippen LogP contribution in [0.15, 0.2) is 17.0 Å². The van der Waals surface area contributed by atoms with Gasteiger partial charge in [0.25, 0.3) is 15.0 Å². The first-order valence-corrected chi connectivity index (χ1v) is 9.04. The number of halogens is 3. The molecule has 1 aromatic rings. The summed E-state index contributed by atoms with van der Waals surface area (Å²) >= 11 is 11.6. The summed E-state index contributed by atoms with van der Waals surface area (Å²) in [5, 5.41) is 2.39. The predicted molar refractivity (Wildman–Crippen MR) is 82.9 cm³/mol. The highest BCUT2D eigenvalue weighted by Gasteiger charge is 2.20. The Bertz CT molecular complexity index is 619. The molecule has 5 nitrogen and oxygen atoms in total. The van der Waals surface area contributed by atoms with Crippen molar-refractivity contribution in [3.63, 3.8) is 0 Å². The highest BCUT2D eigenvalue weighted by molar-refractivity contribution is 8.13. The van der Waals surface area contributed by atoms with Gasteiger partial charge in [0.05, 0.1) is 10.0 Å². The van der Waals surface area contributed by atoms with Crippen molar-refractivity contribution in [1.29, 1.82) is 0 Å². The number of carbonyl (C=O) groups excluding carboxylic acids is 1. The smallest absolute Gasteiger partial charge is 0.262 e. The van der Waals surface area contributed by atoms with Crippen molar-refractivity contribution in [3.8, 4) is 0 Å². The molecule has 0 radical (unpaired) electrons. The van der Waals surface area contributed by atoms with Gasteiger partial charge in [0.2, 0.25) is 0 Å². The minimum atomic E-state index is -4.09. The van der Waals surface area contributed by atoms with Crippen LogP contribution >= 0.6 is 33.9 Å². The monoisotopic (exact) mass is 373 g/mol. The maximum absolute atomic E-state index is 11.9. The lowest BCUT2D eigenvalue weighted by molar-refractivity contribution is 0.0951. The minimum Gasteiger partial charge on any atom is -0.385 e. The van der Waals surface area contributed by atoms with Gasteiger partial charge in [-0.3, -0.25) is 4.79 Å². The van der Waals surface area contributed by atoms with Crippen molar-refractivity contribution in [1.82, 2.24) is 5.32 Å². The standard InChI is InChI=1S/C12H14Cl3NO4S/c1-20-5-3-2-4-16-12(17)8-6-9(13)11(14)10(7-8)21(15,18)19/h6-7H,2-5H2,1H3,(H,16,17). The Morgan fingerprint density at radius 3 is 2.52 bits per heavy atom. The first-order chi connectivity index (χ1) is 9.77. The van der Waals surface area contributed by atoms with E-state index in [9.17, 15) is 13.2 Å². The SMILES string of the molecule is COCCCCNC(=O)c1cc(Cl)c(Cl)c(S(=O)(=O)Cl)c1. The van der Waals surface area contributed by atoms with E-state index in [1.54, 1.807) is 7.11 Å². The van der Waals surface area contributed by atoms with Crippen molar-refractivity contribution in [2.45, 2.75) is 17.7 Å². The van der Waals surface area contributed by atoms with Crippen LogP contribution in [0.3, 0.4) is 0 Å². The Labute approximate surface area is 137 Å². The summed E-state index contributed by atoms with van der Waals surface area (Å²) < 4.78 is 27.7. The number of unbranched alkanes of at least 4 members (excludes halogenated alkanes) is 1. The fraction of sp³-hybridized carbons (Fsp3) is 0.417. The van der Waals surface area contributed by atoms with E-state index in [1.807, 2.05) is 0 Å². The number of ether oxygens (including phenoxy) is 1. The van der Waals surface area contributed by atoms with Gasteiger partial charge in [-0.2, -0.15) is 0 Å². The highest BCUT2D eigenvalue weighted by atomic mass is 35.7. The second-order valence-electron chi connectivity index (χ2n) is 4.16.